The van der Waals surface area contributed by atoms with Crippen molar-refractivity contribution >= 4 is 17.5 Å². The first-order chi connectivity index (χ1) is 11.3. The highest BCUT2D eigenvalue weighted by Crippen LogP contribution is 2.38. The molecule has 0 spiro atoms. The monoisotopic (exact) mass is 327 g/mol. The van der Waals surface area contributed by atoms with Gasteiger partial charge in [0.15, 0.2) is 11.4 Å². The molecule has 0 aliphatic carbocycles. The summed E-state index contributed by atoms with van der Waals surface area (Å²) in [4.78, 5) is 28.7. The molecule has 124 valence electrons. The molecule has 0 radical (unpaired) electrons. The Balaban J connectivity index is 2.10. The van der Waals surface area contributed by atoms with E-state index in [-0.39, 0.29) is 24.1 Å². The molecule has 0 N–H and O–H groups in total. The lowest BCUT2D eigenvalue weighted by Gasteiger charge is -2.36. The molecular weight excluding hydrogens is 310 g/mol. The number of amides is 1. The Hall–Kier alpha value is -2.96. The van der Waals surface area contributed by atoms with Crippen molar-refractivity contribution in [3.8, 4) is 5.75 Å². The maximum Gasteiger partial charge on any atom is 0.366 e. The average Bonchev–Trinajstić information content (AvgIpc) is 2.52. The van der Waals surface area contributed by atoms with Crippen LogP contribution in [0.15, 0.2) is 36.4 Å². The largest absolute Gasteiger partial charge is 0.472 e. The molecule has 1 aliphatic heterocycles. The standard InChI is InChI=1S/C17H17N3O4/c1-11-6-4-5-7-12(11)10-19-15-13(24-17(2,3)16(19)21)8-9-14(18-15)20(22)23/h4-9H,10H2,1-3H3. The van der Waals surface area contributed by atoms with E-state index >= 15 is 0 Å². The fourth-order valence-electron chi connectivity index (χ4n) is 2.64. The number of carbonyl (C=O) groups excluding carboxylic acids is 1. The zero-order valence-electron chi connectivity index (χ0n) is 13.6. The fourth-order valence-corrected chi connectivity index (χ4v) is 2.64. The predicted molar refractivity (Wildman–Crippen MR) is 88.0 cm³/mol. The number of pyridine rings is 1. The average molecular weight is 327 g/mol. The Morgan fingerprint density at radius 1 is 1.25 bits per heavy atom. The third kappa shape index (κ3) is 2.68. The van der Waals surface area contributed by atoms with Crippen LogP contribution in [0.3, 0.4) is 0 Å². The Bertz CT molecular complexity index is 832. The highest BCUT2D eigenvalue weighted by molar-refractivity contribution is 6.01. The minimum Gasteiger partial charge on any atom is -0.472 e. The van der Waals surface area contributed by atoms with E-state index in [9.17, 15) is 14.9 Å². The third-order valence-corrected chi connectivity index (χ3v) is 3.98. The van der Waals surface area contributed by atoms with Crippen molar-refractivity contribution in [1.29, 1.82) is 0 Å². The minimum atomic E-state index is -1.06. The predicted octanol–water partition coefficient (Wildman–Crippen LogP) is 3.00. The molecule has 0 bridgehead atoms. The topological polar surface area (TPSA) is 85.6 Å². The first kappa shape index (κ1) is 15.9. The number of rotatable bonds is 3. The van der Waals surface area contributed by atoms with E-state index in [1.165, 1.54) is 17.0 Å². The summed E-state index contributed by atoms with van der Waals surface area (Å²) in [6.45, 7) is 5.57. The highest BCUT2D eigenvalue weighted by Gasteiger charge is 2.44. The molecule has 2 aromatic rings. The van der Waals surface area contributed by atoms with E-state index in [4.69, 9.17) is 4.74 Å². The van der Waals surface area contributed by atoms with Gasteiger partial charge < -0.3 is 14.9 Å². The third-order valence-electron chi connectivity index (χ3n) is 3.98. The van der Waals surface area contributed by atoms with Gasteiger partial charge in [-0.15, -0.1) is 0 Å². The number of hydrogen-bond acceptors (Lipinski definition) is 5. The number of ether oxygens (including phenoxy) is 1. The molecule has 7 heteroatoms. The van der Waals surface area contributed by atoms with Gasteiger partial charge in [0.25, 0.3) is 11.7 Å². The van der Waals surface area contributed by atoms with Gasteiger partial charge in [-0.3, -0.25) is 9.69 Å². The van der Waals surface area contributed by atoms with Crippen molar-refractivity contribution in [1.82, 2.24) is 4.98 Å². The number of benzene rings is 1. The molecule has 24 heavy (non-hydrogen) atoms. The van der Waals surface area contributed by atoms with Crippen LogP contribution in [-0.4, -0.2) is 21.4 Å². The van der Waals surface area contributed by atoms with Crippen LogP contribution in [0, 0.1) is 17.0 Å². The van der Waals surface area contributed by atoms with Crippen molar-refractivity contribution in [3.05, 3.63) is 57.6 Å². The van der Waals surface area contributed by atoms with Gasteiger partial charge in [-0.2, -0.15) is 0 Å². The van der Waals surface area contributed by atoms with Gasteiger partial charge in [-0.05, 0) is 47.9 Å². The molecular formula is C17H17N3O4. The summed E-state index contributed by atoms with van der Waals surface area (Å²) >= 11 is 0. The Kier molecular flexibility index (Phi) is 3.71. The van der Waals surface area contributed by atoms with Gasteiger partial charge in [0.2, 0.25) is 0 Å². The van der Waals surface area contributed by atoms with Crippen LogP contribution in [0.25, 0.3) is 0 Å². The molecule has 3 rings (SSSR count). The maximum absolute atomic E-state index is 12.8. The fraction of sp³-hybridized carbons (Fsp3) is 0.294. The first-order valence-corrected chi connectivity index (χ1v) is 7.50. The summed E-state index contributed by atoms with van der Waals surface area (Å²) in [7, 11) is 0. The van der Waals surface area contributed by atoms with Crippen LogP contribution < -0.4 is 9.64 Å². The molecule has 0 atom stereocenters. The second-order valence-electron chi connectivity index (χ2n) is 6.18. The van der Waals surface area contributed by atoms with E-state index in [0.29, 0.717) is 5.75 Å². The highest BCUT2D eigenvalue weighted by atomic mass is 16.6. The molecule has 1 aliphatic rings. The first-order valence-electron chi connectivity index (χ1n) is 7.50. The molecule has 2 heterocycles. The quantitative estimate of drug-likeness (QED) is 0.639. The number of fused-ring (bicyclic) bond motifs is 1. The number of nitro groups is 1. The SMILES string of the molecule is Cc1ccccc1CN1C(=O)C(C)(C)Oc2ccc([N+](=O)[O-])nc21. The van der Waals surface area contributed by atoms with Crippen LogP contribution in [0.4, 0.5) is 11.6 Å². The Morgan fingerprint density at radius 2 is 1.96 bits per heavy atom. The molecule has 0 unspecified atom stereocenters. The molecule has 0 saturated heterocycles. The van der Waals surface area contributed by atoms with Gasteiger partial charge in [-0.1, -0.05) is 24.3 Å². The number of aromatic nitrogens is 1. The Labute approximate surface area is 139 Å². The number of aryl methyl sites for hydroxylation is 1. The van der Waals surface area contributed by atoms with Crippen molar-refractivity contribution in [2.75, 3.05) is 4.90 Å². The van der Waals surface area contributed by atoms with E-state index < -0.39 is 10.5 Å². The van der Waals surface area contributed by atoms with Crippen LogP contribution in [-0.2, 0) is 11.3 Å². The summed E-state index contributed by atoms with van der Waals surface area (Å²) in [6, 6.07) is 10.4. The minimum absolute atomic E-state index is 0.178. The van der Waals surface area contributed by atoms with Gasteiger partial charge in [0, 0.05) is 6.07 Å². The number of anilines is 1. The Morgan fingerprint density at radius 3 is 2.62 bits per heavy atom. The van der Waals surface area contributed by atoms with E-state index in [0.717, 1.165) is 11.1 Å². The molecule has 0 saturated carbocycles. The number of hydrogen-bond donors (Lipinski definition) is 0. The summed E-state index contributed by atoms with van der Waals surface area (Å²) in [5, 5.41) is 11.0. The lowest BCUT2D eigenvalue weighted by atomic mass is 10.0. The van der Waals surface area contributed by atoms with Crippen LogP contribution >= 0.6 is 0 Å². The van der Waals surface area contributed by atoms with E-state index in [1.807, 2.05) is 31.2 Å². The van der Waals surface area contributed by atoms with Crippen LogP contribution in [0.5, 0.6) is 5.75 Å². The van der Waals surface area contributed by atoms with Gasteiger partial charge >= 0.3 is 5.82 Å². The molecule has 0 fully saturated rings. The zero-order valence-corrected chi connectivity index (χ0v) is 13.6. The molecule has 1 aromatic carbocycles. The second kappa shape index (κ2) is 5.59. The summed E-state index contributed by atoms with van der Waals surface area (Å²) in [5.74, 6) is -0.0681. The van der Waals surface area contributed by atoms with Gasteiger partial charge in [0.1, 0.15) is 0 Å². The molecule has 7 nitrogen and oxygen atoms in total. The lowest BCUT2D eigenvalue weighted by Crippen LogP contribution is -2.52. The van der Waals surface area contributed by atoms with E-state index in [1.54, 1.807) is 13.8 Å². The smallest absolute Gasteiger partial charge is 0.366 e. The van der Waals surface area contributed by atoms with Crippen molar-refractivity contribution < 1.29 is 14.5 Å². The lowest BCUT2D eigenvalue weighted by molar-refractivity contribution is -0.389. The summed E-state index contributed by atoms with van der Waals surface area (Å²) in [5.41, 5.74) is 0.914. The normalized spacial score (nSPS) is 15.6. The van der Waals surface area contributed by atoms with Crippen LogP contribution in [0.1, 0.15) is 25.0 Å². The molecule has 1 amide bonds. The summed E-state index contributed by atoms with van der Waals surface area (Å²) in [6.07, 6.45) is 0. The number of carbonyl (C=O) groups is 1. The van der Waals surface area contributed by atoms with Crippen molar-refractivity contribution in [2.45, 2.75) is 32.9 Å². The maximum atomic E-state index is 12.8. The molecule has 1 aromatic heterocycles. The van der Waals surface area contributed by atoms with E-state index in [2.05, 4.69) is 4.98 Å². The van der Waals surface area contributed by atoms with Gasteiger partial charge in [0.05, 0.1) is 6.54 Å². The van der Waals surface area contributed by atoms with Crippen LogP contribution in [0.2, 0.25) is 0 Å². The zero-order chi connectivity index (χ0) is 17.5. The summed E-state index contributed by atoms with van der Waals surface area (Å²) < 4.78 is 5.69. The second-order valence-corrected chi connectivity index (χ2v) is 6.18. The van der Waals surface area contributed by atoms with Crippen molar-refractivity contribution in [3.63, 3.8) is 0 Å². The van der Waals surface area contributed by atoms with Gasteiger partial charge in [-0.25, -0.2) is 0 Å². The number of nitrogens with zero attached hydrogens (tertiary/aromatic N) is 3. The van der Waals surface area contributed by atoms with Crippen molar-refractivity contribution in [2.24, 2.45) is 0 Å².